The fourth-order valence-electron chi connectivity index (χ4n) is 3.70. The summed E-state index contributed by atoms with van der Waals surface area (Å²) in [5, 5.41) is 4.95. The fourth-order valence-corrected chi connectivity index (χ4v) is 4.40. The van der Waals surface area contributed by atoms with Gasteiger partial charge in [-0.15, -0.1) is 11.3 Å². The first-order valence-electron chi connectivity index (χ1n) is 9.86. The van der Waals surface area contributed by atoms with Gasteiger partial charge in [0.1, 0.15) is 0 Å². The normalized spacial score (nSPS) is 13.9. The topological polar surface area (TPSA) is 66.7 Å². The lowest BCUT2D eigenvalue weighted by Gasteiger charge is -2.16. The van der Waals surface area contributed by atoms with Gasteiger partial charge in [0.15, 0.2) is 4.96 Å². The molecule has 0 spiro atoms. The number of nitrogens with zero attached hydrogens (tertiary/aromatic N) is 3. The molecule has 0 aliphatic carbocycles. The van der Waals surface area contributed by atoms with E-state index in [0.29, 0.717) is 18.5 Å². The van der Waals surface area contributed by atoms with E-state index >= 15 is 0 Å². The van der Waals surface area contributed by atoms with Crippen LogP contribution in [0.5, 0.6) is 0 Å². The zero-order valence-corrected chi connectivity index (χ0v) is 17.1. The zero-order chi connectivity index (χ0) is 20.5. The van der Waals surface area contributed by atoms with Crippen LogP contribution in [0.3, 0.4) is 0 Å². The molecule has 0 radical (unpaired) electrons. The smallest absolute Gasteiger partial charge is 0.255 e. The number of anilines is 1. The predicted molar refractivity (Wildman–Crippen MR) is 118 cm³/mol. The van der Waals surface area contributed by atoms with Crippen LogP contribution in [0, 0.1) is 0 Å². The number of fused-ring (bicyclic) bond motifs is 1. The van der Waals surface area contributed by atoms with Crippen LogP contribution < -0.4 is 5.32 Å². The van der Waals surface area contributed by atoms with E-state index < -0.39 is 0 Å². The van der Waals surface area contributed by atoms with Crippen molar-refractivity contribution in [2.75, 3.05) is 11.9 Å². The van der Waals surface area contributed by atoms with Crippen molar-refractivity contribution in [1.82, 2.24) is 14.3 Å². The van der Waals surface area contributed by atoms with Crippen LogP contribution in [0.1, 0.15) is 28.8 Å². The quantitative estimate of drug-likeness (QED) is 0.523. The van der Waals surface area contributed by atoms with Crippen molar-refractivity contribution in [3.63, 3.8) is 0 Å². The number of likely N-dealkylation sites (tertiary alicyclic amines) is 1. The van der Waals surface area contributed by atoms with Gasteiger partial charge in [0.05, 0.1) is 5.69 Å². The Labute approximate surface area is 177 Å². The summed E-state index contributed by atoms with van der Waals surface area (Å²) in [4.78, 5) is 31.9. The summed E-state index contributed by atoms with van der Waals surface area (Å²) < 4.78 is 2.00. The number of imidazole rings is 1. The van der Waals surface area contributed by atoms with E-state index in [1.807, 2.05) is 69.5 Å². The molecule has 0 saturated carbocycles. The van der Waals surface area contributed by atoms with Crippen LogP contribution in [0.4, 0.5) is 5.69 Å². The Morgan fingerprint density at radius 3 is 2.80 bits per heavy atom. The Bertz CT molecular complexity index is 1200. The van der Waals surface area contributed by atoms with Crippen LogP contribution in [0.15, 0.2) is 66.3 Å². The van der Waals surface area contributed by atoms with Gasteiger partial charge in [-0.3, -0.25) is 14.0 Å². The highest BCUT2D eigenvalue weighted by atomic mass is 32.1. The molecule has 150 valence electrons. The Hall–Kier alpha value is -3.45. The number of benzene rings is 2. The van der Waals surface area contributed by atoms with E-state index in [2.05, 4.69) is 10.3 Å². The third-order valence-electron chi connectivity index (χ3n) is 5.27. The van der Waals surface area contributed by atoms with Crippen LogP contribution in [0.25, 0.3) is 16.2 Å². The number of amides is 2. The van der Waals surface area contributed by atoms with E-state index in [4.69, 9.17) is 0 Å². The molecule has 2 aromatic carbocycles. The average molecular weight is 417 g/mol. The molecule has 2 amide bonds. The maximum atomic E-state index is 12.7. The molecular weight excluding hydrogens is 396 g/mol. The van der Waals surface area contributed by atoms with Gasteiger partial charge in [-0.05, 0) is 36.2 Å². The molecule has 1 saturated heterocycles. The highest BCUT2D eigenvalue weighted by molar-refractivity contribution is 7.15. The third-order valence-corrected chi connectivity index (χ3v) is 6.04. The molecule has 1 N–H and O–H groups in total. The molecule has 0 unspecified atom stereocenters. The van der Waals surface area contributed by atoms with E-state index in [1.54, 1.807) is 17.4 Å². The van der Waals surface area contributed by atoms with Crippen molar-refractivity contribution < 1.29 is 9.59 Å². The van der Waals surface area contributed by atoms with Gasteiger partial charge >= 0.3 is 0 Å². The van der Waals surface area contributed by atoms with Crippen LogP contribution in [-0.2, 0) is 11.3 Å². The first-order chi connectivity index (χ1) is 14.7. The van der Waals surface area contributed by atoms with Gasteiger partial charge in [-0.1, -0.05) is 24.3 Å². The number of hydrogen-bond acceptors (Lipinski definition) is 4. The van der Waals surface area contributed by atoms with Crippen molar-refractivity contribution >= 4 is 33.8 Å². The Morgan fingerprint density at radius 2 is 2.03 bits per heavy atom. The molecule has 1 aliphatic rings. The molecule has 5 rings (SSSR count). The van der Waals surface area contributed by atoms with Crippen molar-refractivity contribution in [1.29, 1.82) is 0 Å². The molecule has 2 aromatic heterocycles. The lowest BCUT2D eigenvalue weighted by atomic mass is 10.1. The van der Waals surface area contributed by atoms with Crippen molar-refractivity contribution in [2.45, 2.75) is 19.4 Å². The maximum Gasteiger partial charge on any atom is 0.255 e. The predicted octanol–water partition coefficient (Wildman–Crippen LogP) is 4.44. The highest BCUT2D eigenvalue weighted by Crippen LogP contribution is 2.23. The number of rotatable bonds is 5. The monoisotopic (exact) mass is 416 g/mol. The lowest BCUT2D eigenvalue weighted by Crippen LogP contribution is -2.24. The standard InChI is InChI=1S/C23H20N4O2S/c28-21-5-2-10-26(21)14-16-3-1-4-18(13-16)22(29)24-19-8-6-17(7-9-19)20-15-27-11-12-30-23(27)25-20/h1,3-4,6-9,11-13,15H,2,5,10,14H2,(H,24,29). The van der Waals surface area contributed by atoms with E-state index in [1.165, 1.54) is 0 Å². The summed E-state index contributed by atoms with van der Waals surface area (Å²) in [5.74, 6) is 0.0161. The van der Waals surface area contributed by atoms with Gasteiger partial charge in [0.2, 0.25) is 5.91 Å². The summed E-state index contributed by atoms with van der Waals surface area (Å²) in [6, 6.07) is 15.1. The molecule has 0 atom stereocenters. The van der Waals surface area contributed by atoms with E-state index in [9.17, 15) is 9.59 Å². The van der Waals surface area contributed by atoms with Gasteiger partial charge in [-0.2, -0.15) is 0 Å². The van der Waals surface area contributed by atoms with Crippen molar-refractivity contribution in [3.05, 3.63) is 77.4 Å². The zero-order valence-electron chi connectivity index (χ0n) is 16.2. The van der Waals surface area contributed by atoms with Crippen LogP contribution in [-0.4, -0.2) is 32.6 Å². The van der Waals surface area contributed by atoms with E-state index in [-0.39, 0.29) is 11.8 Å². The summed E-state index contributed by atoms with van der Waals surface area (Å²) in [5.41, 5.74) is 4.18. The Morgan fingerprint density at radius 1 is 1.17 bits per heavy atom. The second-order valence-corrected chi connectivity index (χ2v) is 8.24. The average Bonchev–Trinajstić information content (AvgIpc) is 3.46. The summed E-state index contributed by atoms with van der Waals surface area (Å²) in [6.07, 6.45) is 5.51. The lowest BCUT2D eigenvalue weighted by molar-refractivity contribution is -0.128. The van der Waals surface area contributed by atoms with Gasteiger partial charge in [0.25, 0.3) is 5.91 Å². The SMILES string of the molecule is O=C(Nc1ccc(-c2cn3ccsc3n2)cc1)c1cccc(CN2CCCC2=O)c1. The summed E-state index contributed by atoms with van der Waals surface area (Å²) in [7, 11) is 0. The Balaban J connectivity index is 1.27. The second kappa shape index (κ2) is 7.76. The minimum atomic E-state index is -0.167. The maximum absolute atomic E-state index is 12.7. The highest BCUT2D eigenvalue weighted by Gasteiger charge is 2.20. The second-order valence-electron chi connectivity index (χ2n) is 7.37. The molecular formula is C23H20N4O2S. The van der Waals surface area contributed by atoms with Gasteiger partial charge in [0, 0.05) is 54.1 Å². The Kier molecular flexibility index (Phi) is 4.80. The number of hydrogen-bond donors (Lipinski definition) is 1. The minimum Gasteiger partial charge on any atom is -0.338 e. The third kappa shape index (κ3) is 3.71. The fraction of sp³-hybridized carbons (Fsp3) is 0.174. The number of aromatic nitrogens is 2. The molecule has 1 fully saturated rings. The number of carbonyl (C=O) groups is 2. The van der Waals surface area contributed by atoms with Gasteiger partial charge < -0.3 is 10.2 Å². The number of carbonyl (C=O) groups excluding carboxylic acids is 2. The molecule has 4 aromatic rings. The van der Waals surface area contributed by atoms with Crippen molar-refractivity contribution in [2.24, 2.45) is 0 Å². The van der Waals surface area contributed by atoms with Crippen LogP contribution >= 0.6 is 11.3 Å². The summed E-state index contributed by atoms with van der Waals surface area (Å²) >= 11 is 1.60. The summed E-state index contributed by atoms with van der Waals surface area (Å²) in [6.45, 7) is 1.34. The molecule has 7 heteroatoms. The molecule has 3 heterocycles. The molecule has 30 heavy (non-hydrogen) atoms. The van der Waals surface area contributed by atoms with Gasteiger partial charge in [-0.25, -0.2) is 4.98 Å². The first-order valence-corrected chi connectivity index (χ1v) is 10.7. The molecule has 1 aliphatic heterocycles. The number of nitrogens with one attached hydrogen (secondary N) is 1. The van der Waals surface area contributed by atoms with Crippen molar-refractivity contribution in [3.8, 4) is 11.3 Å². The van der Waals surface area contributed by atoms with Crippen LogP contribution in [0.2, 0.25) is 0 Å². The molecule has 6 nitrogen and oxygen atoms in total. The largest absolute Gasteiger partial charge is 0.338 e. The van der Waals surface area contributed by atoms with E-state index in [0.717, 1.165) is 40.4 Å². The minimum absolute atomic E-state index is 0.167. The first kappa shape index (κ1) is 18.6. The molecule has 0 bridgehead atoms. The number of thiazole rings is 1.